The molecule has 6 nitrogen and oxygen atoms in total. The van der Waals surface area contributed by atoms with E-state index in [-0.39, 0.29) is 24.0 Å². The molecular weight excluding hydrogens is 501 g/mol. The van der Waals surface area contributed by atoms with Crippen molar-refractivity contribution >= 4 is 29.0 Å². The third-order valence-corrected chi connectivity index (χ3v) is 8.60. The van der Waals surface area contributed by atoms with Gasteiger partial charge in [-0.25, -0.2) is 14.0 Å². The van der Waals surface area contributed by atoms with Crippen molar-refractivity contribution in [1.29, 1.82) is 0 Å². The van der Waals surface area contributed by atoms with Gasteiger partial charge in [-0.1, -0.05) is 24.3 Å². The van der Waals surface area contributed by atoms with Crippen molar-refractivity contribution in [2.75, 3.05) is 11.9 Å². The Morgan fingerprint density at radius 3 is 2.74 bits per heavy atom. The quantitative estimate of drug-likeness (QED) is 0.294. The second-order valence-corrected chi connectivity index (χ2v) is 10.7. The fraction of sp³-hybridized carbons (Fsp3) is 0.267. The molecule has 0 saturated heterocycles. The topological polar surface area (TPSA) is 63.6 Å². The Kier molecular flexibility index (Phi) is 6.49. The van der Waals surface area contributed by atoms with Gasteiger partial charge < -0.3 is 19.5 Å². The average Bonchev–Trinajstić information content (AvgIpc) is 3.51. The van der Waals surface area contributed by atoms with Gasteiger partial charge in [-0.2, -0.15) is 0 Å². The number of aromatic nitrogens is 1. The second-order valence-electron chi connectivity index (χ2n) is 9.58. The molecule has 2 aromatic carbocycles. The number of amides is 2. The van der Waals surface area contributed by atoms with Gasteiger partial charge in [-0.05, 0) is 80.1 Å². The predicted molar refractivity (Wildman–Crippen MR) is 145 cm³/mol. The van der Waals surface area contributed by atoms with Gasteiger partial charge in [0.1, 0.15) is 10.8 Å². The molecule has 0 saturated carbocycles. The number of aryl methyl sites for hydroxylation is 1. The van der Waals surface area contributed by atoms with Crippen LogP contribution in [0.3, 0.4) is 0 Å². The third-order valence-electron chi connectivity index (χ3n) is 7.27. The van der Waals surface area contributed by atoms with E-state index in [2.05, 4.69) is 9.88 Å². The van der Waals surface area contributed by atoms with Crippen LogP contribution in [0.4, 0.5) is 14.9 Å². The summed E-state index contributed by atoms with van der Waals surface area (Å²) in [5.41, 5.74) is 4.72. The summed E-state index contributed by atoms with van der Waals surface area (Å²) < 4.78 is 21.8. The fourth-order valence-corrected chi connectivity index (χ4v) is 6.98. The summed E-state index contributed by atoms with van der Waals surface area (Å²) in [6.45, 7) is 2.35. The molecule has 1 aliphatic heterocycles. The highest BCUT2D eigenvalue weighted by molar-refractivity contribution is 7.15. The molecule has 4 aromatic rings. The number of thiophene rings is 1. The first-order chi connectivity index (χ1) is 18.5. The van der Waals surface area contributed by atoms with Gasteiger partial charge in [-0.3, -0.25) is 0 Å². The number of para-hydroxylation sites is 1. The predicted octanol–water partition coefficient (Wildman–Crippen LogP) is 6.87. The van der Waals surface area contributed by atoms with Crippen LogP contribution in [0.5, 0.6) is 0 Å². The maximum absolute atomic E-state index is 14.5. The van der Waals surface area contributed by atoms with Gasteiger partial charge in [0, 0.05) is 16.6 Å². The molecule has 2 aromatic heterocycles. The molecular formula is C30H28FN3O3S. The molecule has 1 N–H and O–H groups in total. The SMILES string of the molecule is CCOC(=O)c1ccccc1NC(=O)N1Cc2c(sc3c2CCCC3)-n2cccc2[C@H]1c1cccc(F)c1. The highest BCUT2D eigenvalue weighted by Gasteiger charge is 2.36. The first kappa shape index (κ1) is 24.4. The number of urea groups is 1. The molecule has 38 heavy (non-hydrogen) atoms. The standard InChI is InChI=1S/C30H28FN3O3S/c1-2-37-29(35)22-12-3-5-13-24(22)32-30(36)34-18-23-21-11-4-6-15-26(21)38-28(23)33-16-8-14-25(33)27(34)19-9-7-10-20(31)17-19/h3,5,7-10,12-14,16-17,27H,2,4,6,11,15,18H2,1H3,(H,32,36)/t27-/m1/s1. The number of ether oxygens (including phenoxy) is 1. The molecule has 0 bridgehead atoms. The number of nitrogens with one attached hydrogen (secondary N) is 1. The van der Waals surface area contributed by atoms with Crippen molar-refractivity contribution in [1.82, 2.24) is 9.47 Å². The average molecular weight is 530 g/mol. The number of halogens is 1. The summed E-state index contributed by atoms with van der Waals surface area (Å²) in [7, 11) is 0. The first-order valence-corrected chi connectivity index (χ1v) is 13.8. The zero-order valence-electron chi connectivity index (χ0n) is 21.1. The maximum atomic E-state index is 14.5. The van der Waals surface area contributed by atoms with Gasteiger partial charge in [-0.15, -0.1) is 11.3 Å². The number of fused-ring (bicyclic) bond motifs is 5. The molecule has 0 unspecified atom stereocenters. The van der Waals surface area contributed by atoms with Crippen molar-refractivity contribution in [3.63, 3.8) is 0 Å². The van der Waals surface area contributed by atoms with Crippen LogP contribution in [-0.2, 0) is 24.1 Å². The number of carbonyl (C=O) groups excluding carboxylic acids is 2. The zero-order valence-corrected chi connectivity index (χ0v) is 21.9. The maximum Gasteiger partial charge on any atom is 0.340 e. The van der Waals surface area contributed by atoms with Gasteiger partial charge >= 0.3 is 12.0 Å². The molecule has 194 valence electrons. The summed E-state index contributed by atoms with van der Waals surface area (Å²) >= 11 is 1.80. The number of hydrogen-bond donors (Lipinski definition) is 1. The van der Waals surface area contributed by atoms with Crippen LogP contribution in [0.1, 0.15) is 63.4 Å². The molecule has 0 fully saturated rings. The molecule has 8 heteroatoms. The third kappa shape index (κ3) is 4.28. The van der Waals surface area contributed by atoms with Crippen molar-refractivity contribution in [3.05, 3.63) is 106 Å². The van der Waals surface area contributed by atoms with E-state index in [1.54, 1.807) is 53.5 Å². The lowest BCUT2D eigenvalue weighted by molar-refractivity contribution is 0.0527. The number of nitrogens with zero attached hydrogens (tertiary/aromatic N) is 2. The minimum atomic E-state index is -0.533. The number of rotatable bonds is 4. The smallest absolute Gasteiger partial charge is 0.340 e. The van der Waals surface area contributed by atoms with Crippen LogP contribution >= 0.6 is 11.3 Å². The Morgan fingerprint density at radius 2 is 1.89 bits per heavy atom. The summed E-state index contributed by atoms with van der Waals surface area (Å²) in [6, 6.07) is 16.3. The number of carbonyl (C=O) groups is 2. The number of esters is 1. The van der Waals surface area contributed by atoms with E-state index >= 15 is 0 Å². The monoisotopic (exact) mass is 529 g/mol. The van der Waals surface area contributed by atoms with Gasteiger partial charge in [0.05, 0.1) is 36.1 Å². The van der Waals surface area contributed by atoms with Gasteiger partial charge in [0.2, 0.25) is 0 Å². The largest absolute Gasteiger partial charge is 0.462 e. The molecule has 3 heterocycles. The molecule has 0 spiro atoms. The molecule has 1 aliphatic carbocycles. The summed E-state index contributed by atoms with van der Waals surface area (Å²) in [6.07, 6.45) is 6.37. The van der Waals surface area contributed by atoms with Gasteiger partial charge in [0.25, 0.3) is 0 Å². The van der Waals surface area contributed by atoms with Crippen LogP contribution < -0.4 is 5.32 Å². The van der Waals surface area contributed by atoms with E-state index in [1.165, 1.54) is 29.0 Å². The van der Waals surface area contributed by atoms with Crippen molar-refractivity contribution in [2.24, 2.45) is 0 Å². The fourth-order valence-electron chi connectivity index (χ4n) is 5.58. The highest BCUT2D eigenvalue weighted by atomic mass is 32.1. The lowest BCUT2D eigenvalue weighted by Gasteiger charge is -2.31. The second kappa shape index (κ2) is 10.1. The summed E-state index contributed by atoms with van der Waals surface area (Å²) in [5.74, 6) is -0.853. The van der Waals surface area contributed by atoms with E-state index in [9.17, 15) is 14.0 Å². The molecule has 2 aliphatic rings. The number of hydrogen-bond acceptors (Lipinski definition) is 4. The summed E-state index contributed by atoms with van der Waals surface area (Å²) in [5, 5.41) is 4.10. The summed E-state index contributed by atoms with van der Waals surface area (Å²) in [4.78, 5) is 29.9. The van der Waals surface area contributed by atoms with Crippen LogP contribution in [0, 0.1) is 5.82 Å². The highest BCUT2D eigenvalue weighted by Crippen LogP contribution is 2.44. The van der Waals surface area contributed by atoms with E-state index in [0.29, 0.717) is 17.8 Å². The molecule has 1 atom stereocenters. The van der Waals surface area contributed by atoms with Crippen LogP contribution in [0.2, 0.25) is 0 Å². The van der Waals surface area contributed by atoms with Crippen molar-refractivity contribution < 1.29 is 18.7 Å². The van der Waals surface area contributed by atoms with Crippen molar-refractivity contribution in [2.45, 2.75) is 45.2 Å². The number of benzene rings is 2. The Labute approximate surface area is 224 Å². The Balaban J connectivity index is 1.47. The van der Waals surface area contributed by atoms with E-state index in [4.69, 9.17) is 4.74 Å². The lowest BCUT2D eigenvalue weighted by atomic mass is 9.95. The molecule has 0 radical (unpaired) electrons. The van der Waals surface area contributed by atoms with Crippen LogP contribution in [0.15, 0.2) is 66.9 Å². The first-order valence-electron chi connectivity index (χ1n) is 13.0. The minimum Gasteiger partial charge on any atom is -0.462 e. The molecule has 2 amide bonds. The minimum absolute atomic E-state index is 0.234. The van der Waals surface area contributed by atoms with E-state index < -0.39 is 12.0 Å². The molecule has 6 rings (SSSR count). The van der Waals surface area contributed by atoms with E-state index in [0.717, 1.165) is 35.5 Å². The number of anilines is 1. The van der Waals surface area contributed by atoms with Crippen LogP contribution in [0.25, 0.3) is 5.00 Å². The van der Waals surface area contributed by atoms with E-state index in [1.807, 2.05) is 24.4 Å². The Bertz CT molecular complexity index is 1520. The van der Waals surface area contributed by atoms with Gasteiger partial charge in [0.15, 0.2) is 0 Å². The lowest BCUT2D eigenvalue weighted by Crippen LogP contribution is -2.38. The van der Waals surface area contributed by atoms with Crippen molar-refractivity contribution in [3.8, 4) is 5.00 Å². The Hall–Kier alpha value is -3.91. The zero-order chi connectivity index (χ0) is 26.2. The normalized spacial score (nSPS) is 16.2. The Morgan fingerprint density at radius 1 is 1.05 bits per heavy atom. The van der Waals surface area contributed by atoms with Crippen LogP contribution in [-0.4, -0.2) is 28.1 Å².